The van der Waals surface area contributed by atoms with Gasteiger partial charge in [-0.05, 0) is 37.0 Å². The van der Waals surface area contributed by atoms with E-state index in [0.29, 0.717) is 37.9 Å². The second kappa shape index (κ2) is 7.65. The van der Waals surface area contributed by atoms with E-state index in [9.17, 15) is 19.7 Å². The molecule has 136 valence electrons. The number of aliphatic carboxylic acids is 1. The van der Waals surface area contributed by atoms with Gasteiger partial charge in [0.25, 0.3) is 5.69 Å². The van der Waals surface area contributed by atoms with Crippen molar-refractivity contribution in [3.05, 3.63) is 55.8 Å². The molecule has 8 heteroatoms. The maximum Gasteiger partial charge on any atom is 0.303 e. The number of nitrogens with zero attached hydrogens (tertiary/aromatic N) is 2. The number of amides is 1. The van der Waals surface area contributed by atoms with E-state index in [-0.39, 0.29) is 18.0 Å². The maximum atomic E-state index is 12.6. The number of hydrogen-bond donors (Lipinski definition) is 1. The number of carboxylic acid groups (broad SMARTS) is 1. The number of non-ortho nitro benzene ring substituents is 1. The smallest absolute Gasteiger partial charge is 0.303 e. The Hall–Kier alpha value is -2.74. The summed E-state index contributed by atoms with van der Waals surface area (Å²) in [4.78, 5) is 37.4. The second-order valence-electron chi connectivity index (χ2n) is 6.13. The molecule has 7 nitrogen and oxygen atoms in total. The van der Waals surface area contributed by atoms with Gasteiger partial charge in [0.2, 0.25) is 5.91 Å². The molecule has 0 bridgehead atoms. The van der Waals surface area contributed by atoms with Crippen LogP contribution in [0.25, 0.3) is 0 Å². The molecule has 0 unspecified atom stereocenters. The lowest BCUT2D eigenvalue weighted by Gasteiger charge is -2.17. The van der Waals surface area contributed by atoms with Gasteiger partial charge < -0.3 is 10.0 Å². The van der Waals surface area contributed by atoms with Crippen molar-refractivity contribution in [2.24, 2.45) is 0 Å². The average molecular weight is 374 g/mol. The topological polar surface area (TPSA) is 101 Å². The number of carboxylic acids is 1. The minimum absolute atomic E-state index is 0.00946. The van der Waals surface area contributed by atoms with Crippen LogP contribution in [0.4, 0.5) is 11.4 Å². The van der Waals surface area contributed by atoms with Crippen molar-refractivity contribution < 1.29 is 19.6 Å². The van der Waals surface area contributed by atoms with Crippen LogP contribution in [0.2, 0.25) is 0 Å². The molecule has 26 heavy (non-hydrogen) atoms. The summed E-state index contributed by atoms with van der Waals surface area (Å²) < 4.78 is 0. The molecular formula is C18H18N2O5S. The van der Waals surface area contributed by atoms with Crippen molar-refractivity contribution in [2.45, 2.75) is 32.1 Å². The predicted molar refractivity (Wildman–Crippen MR) is 97.8 cm³/mol. The van der Waals surface area contributed by atoms with E-state index in [4.69, 9.17) is 5.11 Å². The molecular weight excluding hydrogens is 356 g/mol. The van der Waals surface area contributed by atoms with Gasteiger partial charge in [0.15, 0.2) is 0 Å². The molecule has 0 fully saturated rings. The van der Waals surface area contributed by atoms with E-state index >= 15 is 0 Å². The highest BCUT2D eigenvalue weighted by Crippen LogP contribution is 2.32. The molecule has 0 aliphatic carbocycles. The van der Waals surface area contributed by atoms with Crippen LogP contribution in [0.3, 0.4) is 0 Å². The molecule has 0 atom stereocenters. The number of carbonyl (C=O) groups is 2. The molecule has 1 amide bonds. The molecule has 0 saturated carbocycles. The summed E-state index contributed by atoms with van der Waals surface area (Å²) in [7, 11) is 0. The van der Waals surface area contributed by atoms with Gasteiger partial charge in [-0.2, -0.15) is 0 Å². The summed E-state index contributed by atoms with van der Waals surface area (Å²) in [6.45, 7) is 0.545. The van der Waals surface area contributed by atoms with Crippen LogP contribution >= 0.6 is 11.3 Å². The van der Waals surface area contributed by atoms with E-state index in [1.165, 1.54) is 23.5 Å². The Morgan fingerprint density at radius 2 is 1.85 bits per heavy atom. The van der Waals surface area contributed by atoms with Gasteiger partial charge in [-0.1, -0.05) is 6.07 Å². The monoisotopic (exact) mass is 374 g/mol. The zero-order valence-corrected chi connectivity index (χ0v) is 14.8. The van der Waals surface area contributed by atoms with E-state index in [2.05, 4.69) is 0 Å². The van der Waals surface area contributed by atoms with Gasteiger partial charge in [0.1, 0.15) is 0 Å². The third kappa shape index (κ3) is 4.08. The molecule has 1 N–H and O–H groups in total. The van der Waals surface area contributed by atoms with Gasteiger partial charge in [0.05, 0.1) is 17.0 Å². The summed E-state index contributed by atoms with van der Waals surface area (Å²) in [5.41, 5.74) is 1.58. The standard InChI is InChI=1S/C18H18N2O5S/c21-17(7-5-14-3-4-15(26-14)6-8-18(22)23)19-10-9-12-1-2-13(20(24)25)11-16(12)19/h1-4,11H,5-10H2,(H,22,23). The highest BCUT2D eigenvalue weighted by Gasteiger charge is 2.26. The number of hydrogen-bond acceptors (Lipinski definition) is 5. The molecule has 0 radical (unpaired) electrons. The van der Waals surface area contributed by atoms with Crippen molar-refractivity contribution >= 4 is 34.6 Å². The molecule has 1 aliphatic rings. The average Bonchev–Trinajstić information content (AvgIpc) is 3.24. The first-order chi connectivity index (χ1) is 12.4. The number of benzene rings is 1. The number of aryl methyl sites for hydroxylation is 2. The van der Waals surface area contributed by atoms with E-state index in [1.54, 1.807) is 11.0 Å². The molecule has 2 heterocycles. The number of carbonyl (C=O) groups excluding carboxylic acids is 1. The first-order valence-corrected chi connectivity index (χ1v) is 9.13. The molecule has 0 spiro atoms. The number of nitro benzene ring substituents is 1. The summed E-state index contributed by atoms with van der Waals surface area (Å²) >= 11 is 1.53. The molecule has 0 saturated heterocycles. The van der Waals surface area contributed by atoms with Crippen LogP contribution in [-0.2, 0) is 28.9 Å². The SMILES string of the molecule is O=C(O)CCc1ccc(CCC(=O)N2CCc3ccc([N+](=O)[O-])cc32)s1. The summed E-state index contributed by atoms with van der Waals surface area (Å²) in [5, 5.41) is 19.7. The molecule has 1 aromatic heterocycles. The second-order valence-corrected chi connectivity index (χ2v) is 7.38. The lowest BCUT2D eigenvalue weighted by atomic mass is 10.1. The zero-order valence-electron chi connectivity index (χ0n) is 14.0. The molecule has 3 rings (SSSR count). The van der Waals surface area contributed by atoms with Crippen LogP contribution in [0, 0.1) is 10.1 Å². The van der Waals surface area contributed by atoms with Gasteiger partial charge in [-0.15, -0.1) is 11.3 Å². The molecule has 1 aliphatic heterocycles. The Bertz CT molecular complexity index is 861. The van der Waals surface area contributed by atoms with Crippen LogP contribution in [-0.4, -0.2) is 28.5 Å². The van der Waals surface area contributed by atoms with Gasteiger partial charge in [-0.25, -0.2) is 0 Å². The Labute approximate surface area is 154 Å². The van der Waals surface area contributed by atoms with Crippen molar-refractivity contribution in [2.75, 3.05) is 11.4 Å². The maximum absolute atomic E-state index is 12.6. The zero-order chi connectivity index (χ0) is 18.7. The number of anilines is 1. The van der Waals surface area contributed by atoms with Crippen LogP contribution < -0.4 is 4.90 Å². The highest BCUT2D eigenvalue weighted by atomic mass is 32.1. The van der Waals surface area contributed by atoms with Gasteiger partial charge in [-0.3, -0.25) is 19.7 Å². The minimum Gasteiger partial charge on any atom is -0.481 e. The molecule has 2 aromatic rings. The summed E-state index contributed by atoms with van der Waals surface area (Å²) in [6, 6.07) is 8.49. The fraction of sp³-hybridized carbons (Fsp3) is 0.333. The Morgan fingerprint density at radius 3 is 2.50 bits per heavy atom. The quantitative estimate of drug-likeness (QED) is 0.592. The lowest BCUT2D eigenvalue weighted by Crippen LogP contribution is -2.29. The first kappa shape index (κ1) is 18.1. The molecule has 1 aromatic carbocycles. The van der Waals surface area contributed by atoms with E-state index in [1.807, 2.05) is 12.1 Å². The highest BCUT2D eigenvalue weighted by molar-refractivity contribution is 7.12. The van der Waals surface area contributed by atoms with E-state index in [0.717, 1.165) is 15.3 Å². The minimum atomic E-state index is -0.822. The number of thiophene rings is 1. The fourth-order valence-electron chi connectivity index (χ4n) is 3.03. The summed E-state index contributed by atoms with van der Waals surface area (Å²) in [5.74, 6) is -0.873. The van der Waals surface area contributed by atoms with E-state index < -0.39 is 10.9 Å². The number of fused-ring (bicyclic) bond motifs is 1. The Morgan fingerprint density at radius 1 is 1.15 bits per heavy atom. The van der Waals surface area contributed by atoms with Crippen LogP contribution in [0.5, 0.6) is 0 Å². The van der Waals surface area contributed by atoms with Gasteiger partial charge in [0, 0.05) is 34.9 Å². The first-order valence-electron chi connectivity index (χ1n) is 8.31. The predicted octanol–water partition coefficient (Wildman–Crippen LogP) is 3.20. The Balaban J connectivity index is 1.61. The Kier molecular flexibility index (Phi) is 5.32. The third-order valence-corrected chi connectivity index (χ3v) is 5.57. The van der Waals surface area contributed by atoms with Crippen molar-refractivity contribution in [1.82, 2.24) is 0 Å². The fourth-order valence-corrected chi connectivity index (χ4v) is 4.04. The van der Waals surface area contributed by atoms with Crippen LogP contribution in [0.15, 0.2) is 30.3 Å². The third-order valence-electron chi connectivity index (χ3n) is 4.36. The normalized spacial score (nSPS) is 12.8. The lowest BCUT2D eigenvalue weighted by molar-refractivity contribution is -0.384. The van der Waals surface area contributed by atoms with Crippen molar-refractivity contribution in [1.29, 1.82) is 0 Å². The van der Waals surface area contributed by atoms with Crippen molar-refractivity contribution in [3.63, 3.8) is 0 Å². The largest absolute Gasteiger partial charge is 0.481 e. The number of nitro groups is 1. The van der Waals surface area contributed by atoms with Crippen molar-refractivity contribution in [3.8, 4) is 0 Å². The van der Waals surface area contributed by atoms with Gasteiger partial charge >= 0.3 is 5.97 Å². The summed E-state index contributed by atoms with van der Waals surface area (Å²) in [6.07, 6.45) is 2.20. The number of rotatable bonds is 7. The van der Waals surface area contributed by atoms with Crippen LogP contribution in [0.1, 0.15) is 28.2 Å².